The highest BCUT2D eigenvalue weighted by Gasteiger charge is 2.79. The van der Waals surface area contributed by atoms with Crippen LogP contribution >= 0.6 is 0 Å². The van der Waals surface area contributed by atoms with Crippen molar-refractivity contribution in [1.82, 2.24) is 4.72 Å². The Labute approximate surface area is 102 Å². The van der Waals surface area contributed by atoms with E-state index < -0.39 is 44.2 Å². The molecule has 0 atom stereocenters. The number of halogens is 10. The molecule has 0 saturated carbocycles. The molecule has 0 saturated heterocycles. The van der Waals surface area contributed by atoms with Gasteiger partial charge >= 0.3 is 39.5 Å². The van der Waals surface area contributed by atoms with E-state index in [0.29, 0.717) is 0 Å². The number of carbonyl (C=O) groups is 1. The quantitative estimate of drug-likeness (QED) is 0.794. The van der Waals surface area contributed by atoms with Crippen molar-refractivity contribution in [1.29, 1.82) is 0 Å². The molecule has 120 valence electrons. The molecule has 0 spiro atoms. The summed E-state index contributed by atoms with van der Waals surface area (Å²) in [7, 11) is -7.31. The molecule has 20 heavy (non-hydrogen) atoms. The average molecular weight is 345 g/mol. The van der Waals surface area contributed by atoms with Crippen LogP contribution in [0.2, 0.25) is 0 Å². The fourth-order valence-corrected chi connectivity index (χ4v) is 1.52. The first kappa shape index (κ1) is 18.7. The molecule has 0 radical (unpaired) electrons. The Morgan fingerprint density at radius 1 is 0.800 bits per heavy atom. The molecule has 0 bridgehead atoms. The second-order valence-electron chi connectivity index (χ2n) is 3.02. The number of rotatable bonds is 3. The van der Waals surface area contributed by atoms with E-state index in [4.69, 9.17) is 0 Å². The van der Waals surface area contributed by atoms with Gasteiger partial charge in [0.2, 0.25) is 0 Å². The van der Waals surface area contributed by atoms with Crippen LogP contribution in [0.15, 0.2) is 0 Å². The molecule has 0 heterocycles. The minimum Gasteiger partial charge on any atom is -0.263 e. The van der Waals surface area contributed by atoms with Gasteiger partial charge in [0.15, 0.2) is 0 Å². The fraction of sp³-hybridized carbons (Fsp3) is 0.800. The van der Waals surface area contributed by atoms with Gasteiger partial charge in [-0.25, -0.2) is 4.72 Å². The second-order valence-corrected chi connectivity index (χ2v) is 4.75. The third-order valence-electron chi connectivity index (χ3n) is 1.54. The number of hydrogen-bond acceptors (Lipinski definition) is 3. The van der Waals surface area contributed by atoms with Crippen LogP contribution < -0.4 is 4.72 Å². The third-order valence-corrected chi connectivity index (χ3v) is 2.93. The maximum absolute atomic E-state index is 12.6. The number of alkyl halides is 10. The lowest BCUT2D eigenvalue weighted by Gasteiger charge is -2.27. The van der Waals surface area contributed by atoms with Gasteiger partial charge in [-0.15, -0.1) is 0 Å². The summed E-state index contributed by atoms with van der Waals surface area (Å²) in [5.41, 5.74) is 0. The first-order chi connectivity index (χ1) is 8.38. The first-order valence-electron chi connectivity index (χ1n) is 3.84. The third kappa shape index (κ3) is 3.06. The Bertz CT molecular complexity index is 488. The molecule has 0 aliphatic carbocycles. The SMILES string of the molecule is O=C(NS(=O)(=O)C(F)(F)C(F)(F)C(F)(F)F)C(F)(F)F. The van der Waals surface area contributed by atoms with E-state index in [9.17, 15) is 57.1 Å². The smallest absolute Gasteiger partial charge is 0.263 e. The molecule has 1 N–H and O–H groups in total. The minimum absolute atomic E-state index is 0.607. The molecule has 0 aromatic rings. The van der Waals surface area contributed by atoms with Crippen molar-refractivity contribution >= 4 is 15.9 Å². The molecule has 0 aromatic heterocycles. The van der Waals surface area contributed by atoms with Gasteiger partial charge in [0.05, 0.1) is 0 Å². The molecular weight excluding hydrogens is 344 g/mol. The zero-order valence-corrected chi connectivity index (χ0v) is 9.23. The van der Waals surface area contributed by atoms with Crippen LogP contribution in [0.5, 0.6) is 0 Å². The highest BCUT2D eigenvalue weighted by atomic mass is 32.2. The average Bonchev–Trinajstić information content (AvgIpc) is 2.12. The van der Waals surface area contributed by atoms with Gasteiger partial charge in [-0.05, 0) is 0 Å². The highest BCUT2D eigenvalue weighted by Crippen LogP contribution is 2.48. The second kappa shape index (κ2) is 4.63. The van der Waals surface area contributed by atoms with E-state index >= 15 is 0 Å². The van der Waals surface area contributed by atoms with Crippen LogP contribution in [0.25, 0.3) is 0 Å². The normalized spacial score (nSPS) is 15.1. The number of nitrogens with one attached hydrogen (secondary N) is 1. The van der Waals surface area contributed by atoms with E-state index in [1.165, 1.54) is 0 Å². The molecule has 0 fully saturated rings. The summed E-state index contributed by atoms with van der Waals surface area (Å²) in [4.78, 5) is 10.0. The largest absolute Gasteiger partial charge is 0.472 e. The van der Waals surface area contributed by atoms with Crippen LogP contribution in [0, 0.1) is 0 Å². The zero-order valence-electron chi connectivity index (χ0n) is 8.41. The number of sulfonamides is 1. The van der Waals surface area contributed by atoms with Crippen molar-refractivity contribution in [3.8, 4) is 0 Å². The summed E-state index contributed by atoms with van der Waals surface area (Å²) in [6.45, 7) is 0. The van der Waals surface area contributed by atoms with E-state index in [0.717, 1.165) is 0 Å². The highest BCUT2D eigenvalue weighted by molar-refractivity contribution is 7.91. The molecular formula is C5HF10NO3S. The van der Waals surface area contributed by atoms with Crippen LogP contribution in [0.1, 0.15) is 0 Å². The molecule has 15 heteroatoms. The van der Waals surface area contributed by atoms with Crippen molar-refractivity contribution in [3.63, 3.8) is 0 Å². The monoisotopic (exact) mass is 345 g/mol. The van der Waals surface area contributed by atoms with Gasteiger partial charge in [0, 0.05) is 0 Å². The lowest BCUT2D eigenvalue weighted by molar-refractivity contribution is -0.332. The molecule has 4 nitrogen and oxygen atoms in total. The lowest BCUT2D eigenvalue weighted by Crippen LogP contribution is -2.60. The summed E-state index contributed by atoms with van der Waals surface area (Å²) >= 11 is 0. The van der Waals surface area contributed by atoms with Gasteiger partial charge < -0.3 is 0 Å². The summed E-state index contributed by atoms with van der Waals surface area (Å²) < 4.78 is 139. The van der Waals surface area contributed by atoms with Crippen LogP contribution in [0.3, 0.4) is 0 Å². The molecule has 0 aliphatic heterocycles. The van der Waals surface area contributed by atoms with Gasteiger partial charge in [-0.2, -0.15) is 52.3 Å². The Morgan fingerprint density at radius 3 is 1.40 bits per heavy atom. The van der Waals surface area contributed by atoms with Crippen molar-refractivity contribution < 1.29 is 57.1 Å². The van der Waals surface area contributed by atoms with Gasteiger partial charge in [0.1, 0.15) is 0 Å². The molecule has 0 unspecified atom stereocenters. The first-order valence-corrected chi connectivity index (χ1v) is 5.32. The maximum Gasteiger partial charge on any atom is 0.472 e. The van der Waals surface area contributed by atoms with Gasteiger partial charge in [-0.3, -0.25) is 4.79 Å². The predicted octanol–water partition coefficient (Wildman–Crippen LogP) is 1.79. The van der Waals surface area contributed by atoms with Crippen molar-refractivity contribution in [2.75, 3.05) is 0 Å². The number of carbonyl (C=O) groups excluding carboxylic acids is 1. The van der Waals surface area contributed by atoms with Gasteiger partial charge in [-0.1, -0.05) is 0 Å². The topological polar surface area (TPSA) is 63.2 Å². The zero-order chi connectivity index (χ0) is 16.8. The van der Waals surface area contributed by atoms with Crippen LogP contribution in [-0.4, -0.2) is 37.9 Å². The molecule has 0 aliphatic rings. The Balaban J connectivity index is 5.68. The molecule has 0 aromatic carbocycles. The fourth-order valence-electron chi connectivity index (χ4n) is 0.578. The molecule has 1 amide bonds. The van der Waals surface area contributed by atoms with Gasteiger partial charge in [0.25, 0.3) is 0 Å². The maximum atomic E-state index is 12.6. The Morgan fingerprint density at radius 2 is 1.15 bits per heavy atom. The van der Waals surface area contributed by atoms with Crippen LogP contribution in [0.4, 0.5) is 43.9 Å². The summed E-state index contributed by atoms with van der Waals surface area (Å²) in [5.74, 6) is -10.9. The van der Waals surface area contributed by atoms with E-state index in [1.54, 1.807) is 0 Å². The number of amides is 1. The summed E-state index contributed by atoms with van der Waals surface area (Å²) in [6, 6.07) is 0. The number of hydrogen-bond donors (Lipinski definition) is 1. The van der Waals surface area contributed by atoms with Crippen molar-refractivity contribution in [2.45, 2.75) is 23.5 Å². The van der Waals surface area contributed by atoms with Crippen LogP contribution in [-0.2, 0) is 14.8 Å². The Hall–Kier alpha value is -1.28. The van der Waals surface area contributed by atoms with Crippen molar-refractivity contribution in [2.24, 2.45) is 0 Å². The Kier molecular flexibility index (Phi) is 4.33. The minimum atomic E-state index is -7.31. The van der Waals surface area contributed by atoms with E-state index in [-0.39, 0.29) is 0 Å². The summed E-state index contributed by atoms with van der Waals surface area (Å²) in [5, 5.41) is -7.04. The standard InChI is InChI=1S/C5HF10NO3S/c6-2(7,8)1(17)16-20(18,19)5(14,15)3(9,10)4(11,12)13/h(H,16,17). The van der Waals surface area contributed by atoms with Crippen molar-refractivity contribution in [3.05, 3.63) is 0 Å². The van der Waals surface area contributed by atoms with E-state index in [1.807, 2.05) is 0 Å². The lowest BCUT2D eigenvalue weighted by atomic mass is 10.3. The predicted molar refractivity (Wildman–Crippen MR) is 39.1 cm³/mol. The molecule has 0 rings (SSSR count). The summed E-state index contributed by atoms with van der Waals surface area (Å²) in [6.07, 6.45) is -13.2. The van der Waals surface area contributed by atoms with E-state index in [2.05, 4.69) is 0 Å².